The van der Waals surface area contributed by atoms with Gasteiger partial charge in [-0.15, -0.1) is 10.2 Å². The first-order chi connectivity index (χ1) is 11.3. The van der Waals surface area contributed by atoms with Crippen molar-refractivity contribution < 1.29 is 9.47 Å². The molecular weight excluding hydrogens is 312 g/mol. The van der Waals surface area contributed by atoms with E-state index in [2.05, 4.69) is 50.9 Å². The number of hydrogen-bond donors (Lipinski definition) is 0. The van der Waals surface area contributed by atoms with Crippen LogP contribution in [0.25, 0.3) is 5.69 Å². The molecule has 23 heavy (non-hydrogen) atoms. The van der Waals surface area contributed by atoms with E-state index in [4.69, 9.17) is 9.47 Å². The van der Waals surface area contributed by atoms with Crippen LogP contribution in [0.2, 0.25) is 0 Å². The van der Waals surface area contributed by atoms with Gasteiger partial charge in [0, 0.05) is 26.0 Å². The quantitative estimate of drug-likeness (QED) is 0.596. The van der Waals surface area contributed by atoms with E-state index in [0.717, 1.165) is 48.8 Å². The van der Waals surface area contributed by atoms with Gasteiger partial charge in [-0.3, -0.25) is 4.57 Å². The summed E-state index contributed by atoms with van der Waals surface area (Å²) >= 11 is 1.66. The monoisotopic (exact) mass is 334 g/mol. The van der Waals surface area contributed by atoms with Gasteiger partial charge in [-0.2, -0.15) is 0 Å². The number of ether oxygens (including phenoxy) is 2. The van der Waals surface area contributed by atoms with Gasteiger partial charge in [0.25, 0.3) is 0 Å². The molecule has 1 aliphatic rings. The SMILES string of the molecule is COCCSc1nnc(N2CCOCC2)n1-c1cccc(C)c1. The highest BCUT2D eigenvalue weighted by molar-refractivity contribution is 7.99. The topological polar surface area (TPSA) is 52.4 Å². The summed E-state index contributed by atoms with van der Waals surface area (Å²) in [5.41, 5.74) is 2.31. The molecule has 2 aromatic rings. The number of aromatic nitrogens is 3. The molecule has 7 heteroatoms. The number of benzene rings is 1. The third-order valence-electron chi connectivity index (χ3n) is 3.69. The van der Waals surface area contributed by atoms with Crippen molar-refractivity contribution >= 4 is 17.7 Å². The van der Waals surface area contributed by atoms with Crippen LogP contribution in [-0.4, -0.2) is 60.5 Å². The van der Waals surface area contributed by atoms with Crippen molar-refractivity contribution in [2.75, 3.05) is 50.7 Å². The van der Waals surface area contributed by atoms with E-state index in [1.54, 1.807) is 18.9 Å². The molecule has 1 fully saturated rings. The van der Waals surface area contributed by atoms with Crippen LogP contribution in [0.5, 0.6) is 0 Å². The van der Waals surface area contributed by atoms with Crippen molar-refractivity contribution in [1.82, 2.24) is 14.8 Å². The third kappa shape index (κ3) is 3.85. The lowest BCUT2D eigenvalue weighted by molar-refractivity contribution is 0.122. The molecule has 0 aliphatic carbocycles. The van der Waals surface area contributed by atoms with Crippen molar-refractivity contribution in [3.05, 3.63) is 29.8 Å². The Balaban J connectivity index is 1.95. The maximum absolute atomic E-state index is 5.45. The summed E-state index contributed by atoms with van der Waals surface area (Å²) in [6.07, 6.45) is 0. The fourth-order valence-corrected chi connectivity index (χ4v) is 3.38. The normalized spacial score (nSPS) is 15.1. The molecule has 0 spiro atoms. The fourth-order valence-electron chi connectivity index (χ4n) is 2.53. The Labute approximate surface area is 140 Å². The minimum atomic E-state index is 0.693. The van der Waals surface area contributed by atoms with E-state index >= 15 is 0 Å². The highest BCUT2D eigenvalue weighted by Crippen LogP contribution is 2.27. The van der Waals surface area contributed by atoms with Crippen LogP contribution in [0.1, 0.15) is 5.56 Å². The van der Waals surface area contributed by atoms with Gasteiger partial charge in [0.05, 0.1) is 25.5 Å². The maximum atomic E-state index is 5.45. The summed E-state index contributed by atoms with van der Waals surface area (Å²) in [5, 5.41) is 9.75. The zero-order valence-corrected chi connectivity index (χ0v) is 14.4. The van der Waals surface area contributed by atoms with Gasteiger partial charge >= 0.3 is 0 Å². The van der Waals surface area contributed by atoms with Crippen molar-refractivity contribution in [1.29, 1.82) is 0 Å². The molecule has 124 valence electrons. The van der Waals surface area contributed by atoms with E-state index in [9.17, 15) is 0 Å². The first-order valence-corrected chi connectivity index (χ1v) is 8.75. The van der Waals surface area contributed by atoms with Crippen LogP contribution in [0.15, 0.2) is 29.4 Å². The van der Waals surface area contributed by atoms with Crippen LogP contribution in [-0.2, 0) is 9.47 Å². The van der Waals surface area contributed by atoms with Crippen LogP contribution >= 0.6 is 11.8 Å². The smallest absolute Gasteiger partial charge is 0.232 e. The molecule has 0 amide bonds. The predicted molar refractivity (Wildman–Crippen MR) is 91.7 cm³/mol. The average molecular weight is 334 g/mol. The van der Waals surface area contributed by atoms with Gasteiger partial charge < -0.3 is 14.4 Å². The summed E-state index contributed by atoms with van der Waals surface area (Å²) in [6, 6.07) is 8.42. The number of rotatable bonds is 6. The number of methoxy groups -OCH3 is 1. The Morgan fingerprint density at radius 2 is 2.09 bits per heavy atom. The number of anilines is 1. The maximum Gasteiger partial charge on any atom is 0.232 e. The first kappa shape index (κ1) is 16.3. The van der Waals surface area contributed by atoms with Crippen molar-refractivity contribution in [3.63, 3.8) is 0 Å². The van der Waals surface area contributed by atoms with Crippen LogP contribution in [0.3, 0.4) is 0 Å². The van der Waals surface area contributed by atoms with Gasteiger partial charge in [0.15, 0.2) is 5.16 Å². The second kappa shape index (κ2) is 7.81. The van der Waals surface area contributed by atoms with Gasteiger partial charge in [0.1, 0.15) is 0 Å². The second-order valence-electron chi connectivity index (χ2n) is 5.40. The first-order valence-electron chi connectivity index (χ1n) is 7.76. The number of hydrogen-bond acceptors (Lipinski definition) is 6. The molecule has 2 heterocycles. The van der Waals surface area contributed by atoms with E-state index in [1.807, 2.05) is 0 Å². The number of aryl methyl sites for hydroxylation is 1. The standard InChI is InChI=1S/C16H22N4O2S/c1-13-4-3-5-14(12-13)20-15(19-6-8-22-9-7-19)17-18-16(20)23-11-10-21-2/h3-5,12H,6-11H2,1-2H3. The largest absolute Gasteiger partial charge is 0.384 e. The molecule has 0 unspecified atom stereocenters. The highest BCUT2D eigenvalue weighted by Gasteiger charge is 2.21. The molecule has 0 atom stereocenters. The van der Waals surface area contributed by atoms with Gasteiger partial charge in [0.2, 0.25) is 5.95 Å². The summed E-state index contributed by atoms with van der Waals surface area (Å²) < 4.78 is 12.7. The van der Waals surface area contributed by atoms with E-state index in [1.165, 1.54) is 5.56 Å². The molecule has 0 bridgehead atoms. The molecule has 0 radical (unpaired) electrons. The minimum Gasteiger partial charge on any atom is -0.384 e. The molecule has 1 aromatic carbocycles. The van der Waals surface area contributed by atoms with Crippen LogP contribution in [0.4, 0.5) is 5.95 Å². The van der Waals surface area contributed by atoms with Gasteiger partial charge in [-0.1, -0.05) is 23.9 Å². The number of morpholine rings is 1. The molecular formula is C16H22N4O2S. The second-order valence-corrected chi connectivity index (χ2v) is 6.46. The number of nitrogens with zero attached hydrogens (tertiary/aromatic N) is 4. The Morgan fingerprint density at radius 1 is 1.26 bits per heavy atom. The summed E-state index contributed by atoms with van der Waals surface area (Å²) in [7, 11) is 1.71. The number of thioether (sulfide) groups is 1. The summed E-state index contributed by atoms with van der Waals surface area (Å²) in [4.78, 5) is 2.24. The Hall–Kier alpha value is -1.57. The summed E-state index contributed by atoms with van der Waals surface area (Å²) in [6.45, 7) is 5.93. The molecule has 1 aromatic heterocycles. The average Bonchev–Trinajstić information content (AvgIpc) is 3.00. The molecule has 0 saturated carbocycles. The predicted octanol–water partition coefficient (Wildman–Crippen LogP) is 2.15. The summed E-state index contributed by atoms with van der Waals surface area (Å²) in [5.74, 6) is 1.74. The lowest BCUT2D eigenvalue weighted by atomic mass is 10.2. The lowest BCUT2D eigenvalue weighted by Crippen LogP contribution is -2.37. The van der Waals surface area contributed by atoms with Crippen LogP contribution < -0.4 is 4.90 Å². The Morgan fingerprint density at radius 3 is 2.83 bits per heavy atom. The molecule has 1 aliphatic heterocycles. The molecule has 0 N–H and O–H groups in total. The van der Waals surface area contributed by atoms with Crippen molar-refractivity contribution in [2.45, 2.75) is 12.1 Å². The molecule has 1 saturated heterocycles. The highest BCUT2D eigenvalue weighted by atomic mass is 32.2. The van der Waals surface area contributed by atoms with Crippen molar-refractivity contribution in [2.24, 2.45) is 0 Å². The van der Waals surface area contributed by atoms with Crippen LogP contribution in [0, 0.1) is 6.92 Å². The molecule has 3 rings (SSSR count). The minimum absolute atomic E-state index is 0.693. The fraction of sp³-hybridized carbons (Fsp3) is 0.500. The van der Waals surface area contributed by atoms with Crippen molar-refractivity contribution in [3.8, 4) is 5.69 Å². The zero-order chi connectivity index (χ0) is 16.1. The Kier molecular flexibility index (Phi) is 5.53. The van der Waals surface area contributed by atoms with E-state index in [-0.39, 0.29) is 0 Å². The molecule has 6 nitrogen and oxygen atoms in total. The zero-order valence-electron chi connectivity index (χ0n) is 13.6. The van der Waals surface area contributed by atoms with E-state index < -0.39 is 0 Å². The lowest BCUT2D eigenvalue weighted by Gasteiger charge is -2.28. The Bertz CT molecular complexity index is 641. The van der Waals surface area contributed by atoms with Gasteiger partial charge in [-0.05, 0) is 24.6 Å². The van der Waals surface area contributed by atoms with Gasteiger partial charge in [-0.25, -0.2) is 0 Å². The van der Waals surface area contributed by atoms with E-state index in [0.29, 0.717) is 6.61 Å². The third-order valence-corrected chi connectivity index (χ3v) is 4.58.